The van der Waals surface area contributed by atoms with Gasteiger partial charge in [-0.3, -0.25) is 0 Å². The normalized spacial score (nSPS) is 13.5. The number of nitrogens with zero attached hydrogens (tertiary/aromatic N) is 4. The van der Waals surface area contributed by atoms with E-state index in [4.69, 9.17) is 0 Å². The van der Waals surface area contributed by atoms with Crippen molar-refractivity contribution in [3.63, 3.8) is 0 Å². The molecule has 0 unspecified atom stereocenters. The maximum absolute atomic E-state index is 12.6. The molecule has 0 spiro atoms. The number of para-hydroxylation sites is 1. The molecule has 1 fully saturated rings. The third-order valence-corrected chi connectivity index (χ3v) is 5.46. The smallest absolute Gasteiger partial charge is 1.00 e. The Hall–Kier alpha value is -2.46. The summed E-state index contributed by atoms with van der Waals surface area (Å²) in [6, 6.07) is 15.9. The van der Waals surface area contributed by atoms with Gasteiger partial charge in [0.1, 0.15) is 0 Å². The monoisotopic (exact) mass is 433 g/mol. The molecule has 2 N–H and O–H groups in total. The molecule has 0 aliphatic carbocycles. The first-order valence-electron chi connectivity index (χ1n) is 9.14. The van der Waals surface area contributed by atoms with Crippen LogP contribution in [0.4, 0.5) is 15.6 Å². The summed E-state index contributed by atoms with van der Waals surface area (Å²) in [6.45, 7) is 2.30. The second kappa shape index (κ2) is 10.0. The van der Waals surface area contributed by atoms with Gasteiger partial charge in [0.05, 0.1) is 11.3 Å². The molecule has 4 rings (SSSR count). The zero-order valence-corrected chi connectivity index (χ0v) is 19.3. The van der Waals surface area contributed by atoms with Gasteiger partial charge in [-0.2, -0.15) is 9.36 Å². The molecule has 2 heterocycles. The fourth-order valence-corrected chi connectivity index (χ4v) is 3.86. The van der Waals surface area contributed by atoms with E-state index in [9.17, 15) is 14.7 Å². The predicted octanol–water partition coefficient (Wildman–Crippen LogP) is 0.374. The second-order valence-corrected chi connectivity index (χ2v) is 7.25. The number of rotatable bonds is 4. The van der Waals surface area contributed by atoms with E-state index in [1.54, 1.807) is 23.1 Å². The Labute approximate surface area is 201 Å². The average Bonchev–Trinajstić information content (AvgIpc) is 3.25. The number of piperazine rings is 1. The van der Waals surface area contributed by atoms with Crippen LogP contribution in [0.15, 0.2) is 54.6 Å². The third-order valence-electron chi connectivity index (χ3n) is 4.68. The van der Waals surface area contributed by atoms with Crippen LogP contribution in [0, 0.1) is 0 Å². The minimum absolute atomic E-state index is 0. The van der Waals surface area contributed by atoms with E-state index < -0.39 is 5.97 Å². The summed E-state index contributed by atoms with van der Waals surface area (Å²) in [4.78, 5) is 32.3. The molecule has 1 saturated heterocycles. The van der Waals surface area contributed by atoms with Crippen LogP contribution < -0.4 is 39.8 Å². The van der Waals surface area contributed by atoms with Crippen LogP contribution in [0.2, 0.25) is 0 Å². The molecular weight excluding hydrogens is 413 g/mol. The van der Waals surface area contributed by atoms with E-state index in [1.807, 2.05) is 30.3 Å². The first kappa shape index (κ1) is 22.2. The number of carbonyl (C=O) groups is 2. The Bertz CT molecular complexity index is 1030. The number of anilines is 2. The van der Waals surface area contributed by atoms with Crippen molar-refractivity contribution in [2.75, 3.05) is 36.4 Å². The van der Waals surface area contributed by atoms with Crippen molar-refractivity contribution in [2.24, 2.45) is 0 Å². The number of carboxylic acid groups (broad SMARTS) is 1. The summed E-state index contributed by atoms with van der Waals surface area (Å²) in [5.74, 6) is -0.368. The van der Waals surface area contributed by atoms with Crippen molar-refractivity contribution in [3.05, 3.63) is 60.2 Å². The van der Waals surface area contributed by atoms with Gasteiger partial charge in [0.2, 0.25) is 5.13 Å². The molecule has 0 saturated carbocycles. The van der Waals surface area contributed by atoms with Gasteiger partial charge in [-0.25, -0.2) is 9.59 Å². The molecule has 1 aliphatic heterocycles. The van der Waals surface area contributed by atoms with Crippen molar-refractivity contribution >= 4 is 34.4 Å². The van der Waals surface area contributed by atoms with Gasteiger partial charge in [0.25, 0.3) is 0 Å². The van der Waals surface area contributed by atoms with Crippen molar-refractivity contribution < 1.29 is 45.7 Å². The fourth-order valence-electron chi connectivity index (χ4n) is 3.12. The summed E-state index contributed by atoms with van der Waals surface area (Å²) in [7, 11) is 0. The maximum atomic E-state index is 12.6. The minimum Gasteiger partial charge on any atom is -1.00 e. The van der Waals surface area contributed by atoms with E-state index in [0.29, 0.717) is 37.7 Å². The number of hydrogen-bond donors (Lipinski definition) is 2. The van der Waals surface area contributed by atoms with E-state index in [0.717, 1.165) is 10.7 Å². The third kappa shape index (κ3) is 4.99. The second-order valence-electron chi connectivity index (χ2n) is 6.52. The van der Waals surface area contributed by atoms with Gasteiger partial charge in [-0.15, -0.1) is 0 Å². The van der Waals surface area contributed by atoms with E-state index >= 15 is 0 Å². The minimum atomic E-state index is -1.07. The van der Waals surface area contributed by atoms with E-state index in [1.165, 1.54) is 17.6 Å². The summed E-state index contributed by atoms with van der Waals surface area (Å²) in [5, 5.41) is 12.8. The molecule has 2 aromatic carbocycles. The van der Waals surface area contributed by atoms with Crippen LogP contribution in [0.25, 0.3) is 11.4 Å². The summed E-state index contributed by atoms with van der Waals surface area (Å²) >= 11 is 1.35. The van der Waals surface area contributed by atoms with Gasteiger partial charge < -0.3 is 21.6 Å². The summed E-state index contributed by atoms with van der Waals surface area (Å²) < 4.78 is 4.44. The summed E-state index contributed by atoms with van der Waals surface area (Å²) in [5.41, 5.74) is 1.34. The molecule has 30 heavy (non-hydrogen) atoms. The SMILES string of the molecule is O=C(O)c1ccccc1NC(=O)N1CCN(c2nc(-c3ccccc3)ns2)CC1.[H-].[Na+]. The Morgan fingerprint density at radius 3 is 2.37 bits per heavy atom. The molecule has 8 nitrogen and oxygen atoms in total. The largest absolute Gasteiger partial charge is 1.00 e. The number of aromatic nitrogens is 2. The first-order chi connectivity index (χ1) is 14.1. The van der Waals surface area contributed by atoms with Crippen LogP contribution in [0.5, 0.6) is 0 Å². The van der Waals surface area contributed by atoms with Gasteiger partial charge in [0.15, 0.2) is 5.82 Å². The van der Waals surface area contributed by atoms with E-state index in [-0.39, 0.29) is 42.6 Å². The average molecular weight is 433 g/mol. The van der Waals surface area contributed by atoms with Crippen LogP contribution >= 0.6 is 11.5 Å². The molecule has 0 atom stereocenters. The number of benzene rings is 2. The van der Waals surface area contributed by atoms with Crippen LogP contribution in [-0.2, 0) is 0 Å². The Kier molecular flexibility index (Phi) is 7.43. The quantitative estimate of drug-likeness (QED) is 0.577. The number of carbonyl (C=O) groups excluding carboxylic acids is 1. The van der Waals surface area contributed by atoms with E-state index in [2.05, 4.69) is 19.6 Å². The van der Waals surface area contributed by atoms with Crippen molar-refractivity contribution in [1.29, 1.82) is 0 Å². The van der Waals surface area contributed by atoms with Gasteiger partial charge in [0, 0.05) is 43.3 Å². The Balaban J connectivity index is 0.00000171. The molecule has 0 bridgehead atoms. The number of amides is 2. The van der Waals surface area contributed by atoms with Gasteiger partial charge in [-0.05, 0) is 12.1 Å². The Morgan fingerprint density at radius 1 is 1.00 bits per heavy atom. The molecule has 0 radical (unpaired) electrons. The number of aromatic carboxylic acids is 1. The van der Waals surface area contributed by atoms with Gasteiger partial charge in [-0.1, -0.05) is 42.5 Å². The topological polar surface area (TPSA) is 98.7 Å². The molecule has 1 aliphatic rings. The summed E-state index contributed by atoms with van der Waals surface area (Å²) in [6.07, 6.45) is 0. The van der Waals surface area contributed by atoms with Crippen LogP contribution in [0.3, 0.4) is 0 Å². The molecular formula is C20H20N5NaO3S. The number of nitrogens with one attached hydrogen (secondary N) is 1. The first-order valence-corrected chi connectivity index (χ1v) is 9.91. The maximum Gasteiger partial charge on any atom is 1.00 e. The number of carboxylic acids is 1. The fraction of sp³-hybridized carbons (Fsp3) is 0.200. The van der Waals surface area contributed by atoms with Crippen molar-refractivity contribution in [3.8, 4) is 11.4 Å². The van der Waals surface area contributed by atoms with Gasteiger partial charge >= 0.3 is 41.6 Å². The number of hydrogen-bond acceptors (Lipinski definition) is 6. The molecule has 3 aromatic rings. The van der Waals surface area contributed by atoms with Crippen molar-refractivity contribution in [1.82, 2.24) is 14.3 Å². The van der Waals surface area contributed by atoms with Crippen LogP contribution in [-0.4, -0.2) is 57.5 Å². The molecule has 10 heteroatoms. The standard InChI is InChI=1S/C20H19N5O3S.Na.H/c26-18(27)15-8-4-5-9-16(15)21-19(28)24-10-12-25(13-11-24)20-22-17(23-29-20)14-6-2-1-3-7-14;;/h1-9H,10-13H2,(H,21,28)(H,26,27);;/q;+1;-1. The number of urea groups is 1. The molecule has 1 aromatic heterocycles. The molecule has 2 amide bonds. The van der Waals surface area contributed by atoms with Crippen LogP contribution in [0.1, 0.15) is 11.8 Å². The zero-order chi connectivity index (χ0) is 20.2. The zero-order valence-electron chi connectivity index (χ0n) is 17.5. The Morgan fingerprint density at radius 2 is 1.67 bits per heavy atom. The molecule has 150 valence electrons. The predicted molar refractivity (Wildman–Crippen MR) is 113 cm³/mol. The van der Waals surface area contributed by atoms with Crippen molar-refractivity contribution in [2.45, 2.75) is 0 Å².